The van der Waals surface area contributed by atoms with Gasteiger partial charge in [0.05, 0.1) is 5.25 Å². The Balaban J connectivity index is 2.04. The molecule has 1 aromatic heterocycles. The van der Waals surface area contributed by atoms with Crippen molar-refractivity contribution in [2.24, 2.45) is 0 Å². The molecule has 0 radical (unpaired) electrons. The molecule has 1 unspecified atom stereocenters. The van der Waals surface area contributed by atoms with Gasteiger partial charge in [0, 0.05) is 18.9 Å². The first-order valence-electron chi connectivity index (χ1n) is 7.39. The van der Waals surface area contributed by atoms with E-state index in [4.69, 9.17) is 0 Å². The average molecular weight is 318 g/mol. The van der Waals surface area contributed by atoms with E-state index in [-0.39, 0.29) is 5.92 Å². The molecular weight excluding hydrogens is 296 g/mol. The first-order valence-corrected chi connectivity index (χ1v) is 8.93. The zero-order chi connectivity index (χ0) is 16.2. The monoisotopic (exact) mass is 318 g/mol. The van der Waals surface area contributed by atoms with Crippen LogP contribution in [-0.4, -0.2) is 25.2 Å². The van der Waals surface area contributed by atoms with Gasteiger partial charge in [0.2, 0.25) is 10.0 Å². The maximum absolute atomic E-state index is 11.8. The molecule has 2 aromatic rings. The van der Waals surface area contributed by atoms with Crippen LogP contribution in [0, 0.1) is 0 Å². The Kier molecular flexibility index (Phi) is 5.32. The van der Waals surface area contributed by atoms with Crippen LogP contribution >= 0.6 is 0 Å². The lowest BCUT2D eigenvalue weighted by molar-refractivity contribution is 0.566. The van der Waals surface area contributed by atoms with Crippen LogP contribution in [0.4, 0.5) is 0 Å². The molecule has 0 saturated carbocycles. The van der Waals surface area contributed by atoms with Crippen LogP contribution in [0.2, 0.25) is 0 Å². The Morgan fingerprint density at radius 2 is 1.50 bits per heavy atom. The number of nitrogens with one attached hydrogen (secondary N) is 1. The van der Waals surface area contributed by atoms with Crippen LogP contribution < -0.4 is 4.72 Å². The van der Waals surface area contributed by atoms with Crippen molar-refractivity contribution in [1.82, 2.24) is 9.71 Å². The van der Waals surface area contributed by atoms with E-state index in [9.17, 15) is 8.42 Å². The van der Waals surface area contributed by atoms with E-state index >= 15 is 0 Å². The van der Waals surface area contributed by atoms with Crippen molar-refractivity contribution < 1.29 is 8.42 Å². The van der Waals surface area contributed by atoms with Crippen LogP contribution in [0.15, 0.2) is 48.8 Å². The molecule has 1 heterocycles. The molecular formula is C17H22N2O2S. The molecule has 0 fully saturated rings. The summed E-state index contributed by atoms with van der Waals surface area (Å²) in [6, 6.07) is 12.1. The summed E-state index contributed by atoms with van der Waals surface area (Å²) < 4.78 is 26.2. The van der Waals surface area contributed by atoms with Crippen molar-refractivity contribution in [3.63, 3.8) is 0 Å². The average Bonchev–Trinajstić information content (AvgIpc) is 2.53. The highest BCUT2D eigenvalue weighted by Crippen LogP contribution is 2.22. The number of hydrogen-bond donors (Lipinski definition) is 1. The fourth-order valence-corrected chi connectivity index (χ4v) is 2.89. The third-order valence-corrected chi connectivity index (χ3v) is 5.51. The first-order chi connectivity index (χ1) is 10.4. The van der Waals surface area contributed by atoms with E-state index in [1.807, 2.05) is 31.2 Å². The number of pyridine rings is 1. The lowest BCUT2D eigenvalue weighted by Gasteiger charge is -2.15. The first kappa shape index (κ1) is 16.6. The summed E-state index contributed by atoms with van der Waals surface area (Å²) in [5.74, 6) is 0.125. The Morgan fingerprint density at radius 1 is 0.955 bits per heavy atom. The van der Waals surface area contributed by atoms with Crippen molar-refractivity contribution in [2.75, 3.05) is 6.54 Å². The summed E-state index contributed by atoms with van der Waals surface area (Å²) in [7, 11) is -3.21. The molecule has 0 amide bonds. The lowest BCUT2D eigenvalue weighted by Crippen LogP contribution is -2.33. The molecule has 1 atom stereocenters. The molecule has 0 spiro atoms. The number of benzene rings is 1. The summed E-state index contributed by atoms with van der Waals surface area (Å²) in [5, 5.41) is -0.409. The van der Waals surface area contributed by atoms with Gasteiger partial charge in [-0.1, -0.05) is 31.2 Å². The van der Waals surface area contributed by atoms with Crippen LogP contribution in [0.5, 0.6) is 0 Å². The largest absolute Gasteiger partial charge is 0.265 e. The predicted octanol–water partition coefficient (Wildman–Crippen LogP) is 3.18. The molecule has 0 aliphatic heterocycles. The number of sulfonamides is 1. The normalized spacial score (nSPS) is 13.3. The summed E-state index contributed by atoms with van der Waals surface area (Å²) >= 11 is 0. The second kappa shape index (κ2) is 7.03. The van der Waals surface area contributed by atoms with Crippen molar-refractivity contribution in [2.45, 2.75) is 31.9 Å². The smallest absolute Gasteiger partial charge is 0.213 e. The van der Waals surface area contributed by atoms with Crippen LogP contribution in [0.3, 0.4) is 0 Å². The maximum Gasteiger partial charge on any atom is 0.213 e. The van der Waals surface area contributed by atoms with Gasteiger partial charge in [0.15, 0.2) is 0 Å². The van der Waals surface area contributed by atoms with Crippen molar-refractivity contribution in [1.29, 1.82) is 0 Å². The Morgan fingerprint density at radius 3 is 2.05 bits per heavy atom. The van der Waals surface area contributed by atoms with Crippen molar-refractivity contribution >= 4 is 10.0 Å². The molecule has 4 nitrogen and oxygen atoms in total. The van der Waals surface area contributed by atoms with Crippen LogP contribution in [0.25, 0.3) is 11.1 Å². The van der Waals surface area contributed by atoms with Gasteiger partial charge in [-0.3, -0.25) is 4.98 Å². The molecule has 0 bridgehead atoms. The zero-order valence-corrected chi connectivity index (χ0v) is 14.0. The fourth-order valence-electron chi connectivity index (χ4n) is 2.07. The Bertz CT molecular complexity index is 695. The summed E-state index contributed by atoms with van der Waals surface area (Å²) in [6.45, 7) is 5.78. The molecule has 5 heteroatoms. The van der Waals surface area contributed by atoms with E-state index in [1.165, 1.54) is 0 Å². The number of nitrogens with zero attached hydrogens (tertiary/aromatic N) is 1. The minimum absolute atomic E-state index is 0.125. The van der Waals surface area contributed by atoms with Crippen molar-refractivity contribution in [3.05, 3.63) is 54.4 Å². The second-order valence-electron chi connectivity index (χ2n) is 5.70. The lowest BCUT2D eigenvalue weighted by atomic mass is 9.98. The fraction of sp³-hybridized carbons (Fsp3) is 0.353. The summed E-state index contributed by atoms with van der Waals surface area (Å²) in [4.78, 5) is 4.01. The van der Waals surface area contributed by atoms with Crippen LogP contribution in [-0.2, 0) is 10.0 Å². The topological polar surface area (TPSA) is 59.1 Å². The van der Waals surface area contributed by atoms with Crippen LogP contribution in [0.1, 0.15) is 32.3 Å². The van der Waals surface area contributed by atoms with E-state index in [0.29, 0.717) is 6.54 Å². The molecule has 118 valence electrons. The quantitative estimate of drug-likeness (QED) is 0.890. The molecule has 0 aliphatic rings. The highest BCUT2D eigenvalue weighted by Gasteiger charge is 2.16. The second-order valence-corrected chi connectivity index (χ2v) is 8.02. The van der Waals surface area contributed by atoms with Gasteiger partial charge >= 0.3 is 0 Å². The highest BCUT2D eigenvalue weighted by molar-refractivity contribution is 7.90. The summed E-state index contributed by atoms with van der Waals surface area (Å²) in [6.07, 6.45) is 3.54. The standard InChI is InChI=1S/C17H22N2O2S/c1-13(2)22(20,21)19-12-14(3)15-4-6-16(7-5-15)17-8-10-18-11-9-17/h4-11,13-14,19H,12H2,1-3H3. The summed E-state index contributed by atoms with van der Waals surface area (Å²) in [5.41, 5.74) is 3.36. The Labute approximate surface area is 132 Å². The van der Waals surface area contributed by atoms with Gasteiger partial charge in [-0.15, -0.1) is 0 Å². The third-order valence-electron chi connectivity index (χ3n) is 3.70. The van der Waals surface area contributed by atoms with Gasteiger partial charge in [0.1, 0.15) is 0 Å². The van der Waals surface area contributed by atoms with Gasteiger partial charge < -0.3 is 0 Å². The van der Waals surface area contributed by atoms with Gasteiger partial charge in [-0.05, 0) is 48.6 Å². The molecule has 0 saturated heterocycles. The zero-order valence-electron chi connectivity index (χ0n) is 13.2. The molecule has 2 rings (SSSR count). The highest BCUT2D eigenvalue weighted by atomic mass is 32.2. The van der Waals surface area contributed by atoms with Gasteiger partial charge in [-0.25, -0.2) is 13.1 Å². The van der Waals surface area contributed by atoms with Crippen molar-refractivity contribution in [3.8, 4) is 11.1 Å². The van der Waals surface area contributed by atoms with Gasteiger partial charge in [0.25, 0.3) is 0 Å². The maximum atomic E-state index is 11.8. The molecule has 22 heavy (non-hydrogen) atoms. The Hall–Kier alpha value is -1.72. The van der Waals surface area contributed by atoms with E-state index in [0.717, 1.165) is 16.7 Å². The van der Waals surface area contributed by atoms with E-state index < -0.39 is 15.3 Å². The van der Waals surface area contributed by atoms with E-state index in [2.05, 4.69) is 21.8 Å². The molecule has 1 aromatic carbocycles. The SMILES string of the molecule is CC(CNS(=O)(=O)C(C)C)c1ccc(-c2ccncc2)cc1. The molecule has 1 N–H and O–H groups in total. The molecule has 0 aliphatic carbocycles. The minimum atomic E-state index is -3.21. The number of hydrogen-bond acceptors (Lipinski definition) is 3. The van der Waals surface area contributed by atoms with E-state index in [1.54, 1.807) is 26.2 Å². The predicted molar refractivity (Wildman–Crippen MR) is 90.1 cm³/mol. The third kappa shape index (κ3) is 4.15. The number of rotatable bonds is 6. The number of aromatic nitrogens is 1. The van der Waals surface area contributed by atoms with Gasteiger partial charge in [-0.2, -0.15) is 0 Å². The minimum Gasteiger partial charge on any atom is -0.265 e.